The van der Waals surface area contributed by atoms with E-state index in [9.17, 15) is 0 Å². The molecular weight excluding hydrogens is 1250 g/mol. The third-order valence-corrected chi connectivity index (χ3v) is 19.6. The van der Waals surface area contributed by atoms with Crippen LogP contribution >= 0.6 is 63.7 Å². The van der Waals surface area contributed by atoms with Crippen molar-refractivity contribution in [2.24, 2.45) is 0 Å². The fourth-order valence-corrected chi connectivity index (χ4v) is 16.2. The number of rotatable bonds is 7. The van der Waals surface area contributed by atoms with Gasteiger partial charge in [0.2, 0.25) is 0 Å². The third kappa shape index (κ3) is 7.10. The van der Waals surface area contributed by atoms with Crippen molar-refractivity contribution < 1.29 is 9.47 Å². The monoisotopic (exact) mass is 1290 g/mol. The Bertz CT molecular complexity index is 4830. The highest BCUT2D eigenvalue weighted by Gasteiger charge is 2.45. The van der Waals surface area contributed by atoms with Crippen LogP contribution in [-0.4, -0.2) is 13.4 Å². The maximum atomic E-state index is 7.09. The average Bonchev–Trinajstić information content (AvgIpc) is 1.82. The Morgan fingerprint density at radius 2 is 0.741 bits per heavy atom. The lowest BCUT2D eigenvalue weighted by atomic mass is 9.32. The van der Waals surface area contributed by atoms with E-state index in [1.807, 2.05) is 0 Å². The fourth-order valence-electron chi connectivity index (χ4n) is 14.6. The topological polar surface area (TPSA) is 18.5 Å². The average molecular weight is 1290 g/mol. The van der Waals surface area contributed by atoms with E-state index < -0.39 is 0 Å². The second kappa shape index (κ2) is 18.3. The summed E-state index contributed by atoms with van der Waals surface area (Å²) >= 11 is 15.8. The molecule has 0 atom stereocenters. The van der Waals surface area contributed by atoms with E-state index in [-0.39, 0.29) is 13.4 Å². The number of aryl methyl sites for hydroxylation is 1. The molecule has 4 aliphatic heterocycles. The number of hydrogen-bond donors (Lipinski definition) is 0. The third-order valence-electron chi connectivity index (χ3n) is 17.7. The molecule has 13 aromatic carbocycles. The molecule has 4 aliphatic rings. The van der Waals surface area contributed by atoms with Gasteiger partial charge in [-0.3, -0.25) is 0 Å². The van der Waals surface area contributed by atoms with Crippen LogP contribution in [0.2, 0.25) is 0 Å². The molecule has 0 spiro atoms. The van der Waals surface area contributed by atoms with Gasteiger partial charge in [-0.2, -0.15) is 0 Å². The van der Waals surface area contributed by atoms with Crippen LogP contribution in [0.15, 0.2) is 230 Å². The number of hydrogen-bond acceptors (Lipinski definition) is 2. The van der Waals surface area contributed by atoms with Gasteiger partial charge in [0.15, 0.2) is 0 Å². The van der Waals surface area contributed by atoms with Gasteiger partial charge >= 0.3 is 0 Å². The number of benzene rings is 13. The summed E-state index contributed by atoms with van der Waals surface area (Å²) in [6, 6.07) is 79.5. The molecule has 0 amide bonds. The normalized spacial score (nSPS) is 13.0. The quantitative estimate of drug-likeness (QED) is 0.117. The number of halogens is 4. The van der Waals surface area contributed by atoms with Crippen LogP contribution in [0.25, 0.3) is 110 Å². The van der Waals surface area contributed by atoms with Crippen LogP contribution in [0.5, 0.6) is 23.0 Å². The van der Waals surface area contributed by atoms with Gasteiger partial charge < -0.3 is 9.47 Å². The van der Waals surface area contributed by atoms with Gasteiger partial charge in [0.25, 0.3) is 13.4 Å². The lowest BCUT2D eigenvalue weighted by Crippen LogP contribution is -2.58. The molecule has 0 saturated carbocycles. The van der Waals surface area contributed by atoms with Crippen LogP contribution in [-0.2, 0) is 6.42 Å². The molecule has 2 nitrogen and oxygen atoms in total. The Morgan fingerprint density at radius 3 is 1.20 bits per heavy atom. The van der Waals surface area contributed by atoms with Crippen molar-refractivity contribution in [3.63, 3.8) is 0 Å². The second-order valence-corrected chi connectivity index (χ2v) is 25.7. The van der Waals surface area contributed by atoms with E-state index >= 15 is 0 Å². The van der Waals surface area contributed by atoms with Crippen LogP contribution < -0.4 is 42.3 Å². The minimum absolute atomic E-state index is 0.124. The van der Waals surface area contributed by atoms with E-state index in [2.05, 4.69) is 283 Å². The Hall–Kier alpha value is -7.45. The zero-order chi connectivity index (χ0) is 53.9. The molecular formula is C73H42B2Br4O2. The first-order valence-corrected chi connectivity index (χ1v) is 30.9. The molecule has 0 aliphatic carbocycles. The summed E-state index contributed by atoms with van der Waals surface area (Å²) in [5.74, 6) is 3.48. The standard InChI is InChI=1S/C73H42B2Br4O2/c1-2-14-42-21-12-22-47(39-15-6-3-7-16-39)66(42)50-35-52-56-29-45(78)33-64-72(56)75(59-28-26-44(77)32-63(59)80-64)61-38-55-51(67-48(40-17-8-4-9-18-40)23-13-24-49(67)41-19-10-5-11-20-41)36-53-57-30-46(79)34-65-73(57)74(58-27-25-43(76)31-62(58)81-65)60-37-54(50)70(68(52)61)71(55)69(53)60/h3-13,15-38H,2,14H2,1H3. The Balaban J connectivity index is 1.15. The maximum absolute atomic E-state index is 7.09. The fraction of sp³-hybridized carbons (Fsp3) is 0.0411. The predicted molar refractivity (Wildman–Crippen MR) is 355 cm³/mol. The highest BCUT2D eigenvalue weighted by molar-refractivity contribution is 9.11. The molecule has 0 radical (unpaired) electrons. The Labute approximate surface area is 503 Å². The molecule has 0 saturated heterocycles. The lowest BCUT2D eigenvalue weighted by molar-refractivity contribution is 0.486. The molecule has 4 heterocycles. The summed E-state index contributed by atoms with van der Waals surface area (Å²) in [5, 5.41) is 7.63. The van der Waals surface area contributed by atoms with Gasteiger partial charge in [-0.05, 0) is 205 Å². The molecule has 81 heavy (non-hydrogen) atoms. The number of ether oxygens (including phenoxy) is 2. The van der Waals surface area contributed by atoms with E-state index in [1.54, 1.807) is 0 Å². The zero-order valence-electron chi connectivity index (χ0n) is 43.6. The van der Waals surface area contributed by atoms with Gasteiger partial charge in [-0.1, -0.05) is 240 Å². The summed E-state index contributed by atoms with van der Waals surface area (Å²) in [6.45, 7) is 2.05. The first-order chi connectivity index (χ1) is 39.8. The summed E-state index contributed by atoms with van der Waals surface area (Å²) < 4.78 is 18.1. The van der Waals surface area contributed by atoms with Crippen molar-refractivity contribution in [1.29, 1.82) is 0 Å². The molecule has 0 fully saturated rings. The van der Waals surface area contributed by atoms with Crippen molar-refractivity contribution in [2.75, 3.05) is 0 Å². The van der Waals surface area contributed by atoms with Gasteiger partial charge in [-0.15, -0.1) is 0 Å². The molecule has 0 aromatic heterocycles. The van der Waals surface area contributed by atoms with Crippen molar-refractivity contribution in [2.45, 2.75) is 19.8 Å². The van der Waals surface area contributed by atoms with Crippen LogP contribution in [0.1, 0.15) is 18.9 Å². The van der Waals surface area contributed by atoms with Crippen molar-refractivity contribution in [1.82, 2.24) is 0 Å². The van der Waals surface area contributed by atoms with E-state index in [4.69, 9.17) is 9.47 Å². The largest absolute Gasteiger partial charge is 0.458 e. The highest BCUT2D eigenvalue weighted by atomic mass is 79.9. The van der Waals surface area contributed by atoms with E-state index in [0.717, 1.165) is 64.7 Å². The molecule has 13 aromatic rings. The number of fused-ring (bicyclic) bond motifs is 8. The van der Waals surface area contributed by atoms with Gasteiger partial charge in [0.1, 0.15) is 23.0 Å². The van der Waals surface area contributed by atoms with E-state index in [0.29, 0.717) is 0 Å². The second-order valence-electron chi connectivity index (χ2n) is 22.1. The minimum atomic E-state index is -0.130. The first kappa shape index (κ1) is 48.3. The SMILES string of the molecule is CCCc1cccc(-c2ccccc2)c1-c1cc2c3c(cc4c(-c5c(-c6ccccc6)cccc5-c5ccccc5)cc5c6c(cc1c3c46)B1c3ccc(Br)cc3Oc3cc(Br)cc-5c31)B1c3ccc(Br)cc3Oc3cc(Br)cc-2c31. The van der Waals surface area contributed by atoms with Gasteiger partial charge in [0, 0.05) is 17.9 Å². The molecule has 0 N–H and O–H groups in total. The van der Waals surface area contributed by atoms with Crippen LogP contribution in [0.3, 0.4) is 0 Å². The lowest BCUT2D eigenvalue weighted by Gasteiger charge is -2.38. The Kier molecular flexibility index (Phi) is 10.9. The van der Waals surface area contributed by atoms with Crippen molar-refractivity contribution in [3.8, 4) is 101 Å². The summed E-state index contributed by atoms with van der Waals surface area (Å²) in [7, 11) is 0. The first-order valence-electron chi connectivity index (χ1n) is 27.7. The predicted octanol–water partition coefficient (Wildman–Crippen LogP) is 18.1. The van der Waals surface area contributed by atoms with Crippen LogP contribution in [0, 0.1) is 0 Å². The van der Waals surface area contributed by atoms with Gasteiger partial charge in [-0.25, -0.2) is 0 Å². The smallest absolute Gasteiger partial charge is 0.252 e. The molecule has 8 heteroatoms. The van der Waals surface area contributed by atoms with Crippen molar-refractivity contribution >= 4 is 142 Å². The highest BCUT2D eigenvalue weighted by Crippen LogP contribution is 2.54. The zero-order valence-corrected chi connectivity index (χ0v) is 49.9. The van der Waals surface area contributed by atoms with Crippen LogP contribution in [0.4, 0.5) is 0 Å². The molecule has 0 bridgehead atoms. The molecule has 380 valence electrons. The molecule has 17 rings (SSSR count). The Morgan fingerprint density at radius 1 is 0.321 bits per heavy atom. The van der Waals surface area contributed by atoms with Gasteiger partial charge in [0.05, 0.1) is 0 Å². The molecule has 0 unspecified atom stereocenters. The summed E-state index contributed by atoms with van der Waals surface area (Å²) in [4.78, 5) is 0. The summed E-state index contributed by atoms with van der Waals surface area (Å²) in [5.41, 5.74) is 25.5. The summed E-state index contributed by atoms with van der Waals surface area (Å²) in [6.07, 6.45) is 1.94. The van der Waals surface area contributed by atoms with E-state index in [1.165, 1.54) is 138 Å². The maximum Gasteiger partial charge on any atom is 0.252 e. The van der Waals surface area contributed by atoms with Crippen molar-refractivity contribution in [3.05, 3.63) is 236 Å². The minimum Gasteiger partial charge on any atom is -0.458 e.